The lowest BCUT2D eigenvalue weighted by Crippen LogP contribution is -2.48. The fourth-order valence-corrected chi connectivity index (χ4v) is 5.01. The predicted octanol–water partition coefficient (Wildman–Crippen LogP) is 3.01. The topological polar surface area (TPSA) is 119 Å². The Hall–Kier alpha value is -2.72. The maximum absolute atomic E-state index is 13.1. The molecule has 9 nitrogen and oxygen atoms in total. The molecule has 1 atom stereocenters. The van der Waals surface area contributed by atoms with Crippen molar-refractivity contribution in [1.29, 1.82) is 0 Å². The van der Waals surface area contributed by atoms with Gasteiger partial charge in [0.15, 0.2) is 6.61 Å². The van der Waals surface area contributed by atoms with Gasteiger partial charge in [-0.1, -0.05) is 43.6 Å². The number of aryl methyl sites for hydroxylation is 1. The van der Waals surface area contributed by atoms with Gasteiger partial charge in [0.1, 0.15) is 6.04 Å². The molecule has 1 fully saturated rings. The van der Waals surface area contributed by atoms with E-state index in [0.717, 1.165) is 5.56 Å². The van der Waals surface area contributed by atoms with Crippen molar-refractivity contribution >= 4 is 27.8 Å². The minimum atomic E-state index is -3.86. The molecule has 1 amide bonds. The van der Waals surface area contributed by atoms with Crippen molar-refractivity contribution < 1.29 is 27.3 Å². The summed E-state index contributed by atoms with van der Waals surface area (Å²) in [6, 6.07) is 7.11. The van der Waals surface area contributed by atoms with Gasteiger partial charge in [-0.3, -0.25) is 14.9 Å². The first-order valence-corrected chi connectivity index (χ1v) is 11.9. The third-order valence-corrected chi connectivity index (χ3v) is 7.16. The number of amides is 1. The van der Waals surface area contributed by atoms with Gasteiger partial charge in [0.2, 0.25) is 15.9 Å². The molecule has 3 rings (SSSR count). The molecule has 0 saturated carbocycles. The van der Waals surface area contributed by atoms with Crippen LogP contribution in [0.5, 0.6) is 0 Å². The minimum Gasteiger partial charge on any atom is -0.454 e. The smallest absolute Gasteiger partial charge is 0.324 e. The molecule has 0 radical (unpaired) electrons. The molecule has 0 aliphatic carbocycles. The van der Waals surface area contributed by atoms with Gasteiger partial charge in [0.05, 0.1) is 10.6 Å². The van der Waals surface area contributed by atoms with E-state index in [-0.39, 0.29) is 22.7 Å². The van der Waals surface area contributed by atoms with Crippen molar-refractivity contribution in [1.82, 2.24) is 9.46 Å². The Morgan fingerprint density at radius 2 is 1.91 bits per heavy atom. The maximum atomic E-state index is 13.1. The van der Waals surface area contributed by atoms with Crippen molar-refractivity contribution in [3.8, 4) is 0 Å². The van der Waals surface area contributed by atoms with Gasteiger partial charge in [-0.2, -0.15) is 4.31 Å². The van der Waals surface area contributed by atoms with Crippen molar-refractivity contribution in [2.24, 2.45) is 0 Å². The zero-order chi connectivity index (χ0) is 23.5. The Labute approximate surface area is 188 Å². The molecule has 10 heteroatoms. The molecule has 1 aliphatic heterocycles. The van der Waals surface area contributed by atoms with Gasteiger partial charge in [-0.25, -0.2) is 8.42 Å². The quantitative estimate of drug-likeness (QED) is 0.654. The van der Waals surface area contributed by atoms with Gasteiger partial charge >= 0.3 is 5.97 Å². The van der Waals surface area contributed by atoms with E-state index in [2.05, 4.69) is 10.5 Å². The molecule has 1 N–H and O–H groups in total. The van der Waals surface area contributed by atoms with Crippen LogP contribution in [0.1, 0.15) is 51.3 Å². The normalized spacial score (nSPS) is 17.7. The molecule has 0 spiro atoms. The Morgan fingerprint density at radius 1 is 1.22 bits per heavy atom. The van der Waals surface area contributed by atoms with Gasteiger partial charge in [-0.05, 0) is 38.3 Å². The summed E-state index contributed by atoms with van der Waals surface area (Å²) in [5, 5.41) is 6.40. The molecule has 1 saturated heterocycles. The number of benzene rings is 1. The minimum absolute atomic E-state index is 0.125. The van der Waals surface area contributed by atoms with E-state index < -0.39 is 34.5 Å². The van der Waals surface area contributed by atoms with Crippen LogP contribution in [0.4, 0.5) is 5.88 Å². The lowest BCUT2D eigenvalue weighted by atomic mass is 9.92. The summed E-state index contributed by atoms with van der Waals surface area (Å²) in [6.07, 6.45) is 1.68. The largest absolute Gasteiger partial charge is 0.454 e. The van der Waals surface area contributed by atoms with Crippen LogP contribution in [0.3, 0.4) is 0 Å². The Balaban J connectivity index is 1.63. The number of ether oxygens (including phenoxy) is 1. The molecule has 174 valence electrons. The second kappa shape index (κ2) is 9.41. The van der Waals surface area contributed by atoms with Crippen LogP contribution in [0.15, 0.2) is 39.8 Å². The zero-order valence-corrected chi connectivity index (χ0v) is 19.6. The number of anilines is 1. The van der Waals surface area contributed by atoms with Gasteiger partial charge in [-0.15, -0.1) is 0 Å². The van der Waals surface area contributed by atoms with Gasteiger partial charge in [0.25, 0.3) is 5.91 Å². The summed E-state index contributed by atoms with van der Waals surface area (Å²) in [7, 11) is -3.86. The fourth-order valence-electron chi connectivity index (χ4n) is 3.37. The Bertz CT molecular complexity index is 1070. The van der Waals surface area contributed by atoms with E-state index in [0.29, 0.717) is 25.0 Å². The first-order chi connectivity index (χ1) is 15.0. The summed E-state index contributed by atoms with van der Waals surface area (Å²) >= 11 is 0. The third kappa shape index (κ3) is 5.55. The molecule has 0 bridgehead atoms. The van der Waals surface area contributed by atoms with Crippen molar-refractivity contribution in [3.63, 3.8) is 0 Å². The summed E-state index contributed by atoms with van der Waals surface area (Å²) in [6.45, 7) is 7.40. The molecule has 1 aromatic carbocycles. The number of hydrogen-bond donors (Lipinski definition) is 1. The number of carbonyl (C=O) groups excluding carboxylic acids is 2. The highest BCUT2D eigenvalue weighted by atomic mass is 32.2. The Morgan fingerprint density at radius 3 is 2.53 bits per heavy atom. The molecular formula is C22H29N3O6S. The summed E-state index contributed by atoms with van der Waals surface area (Å²) in [5.41, 5.74) is 1.36. The van der Waals surface area contributed by atoms with Crippen LogP contribution in [-0.4, -0.2) is 48.9 Å². The highest BCUT2D eigenvalue weighted by Crippen LogP contribution is 2.27. The Kier molecular flexibility index (Phi) is 7.04. The van der Waals surface area contributed by atoms with Crippen LogP contribution in [-0.2, 0) is 29.8 Å². The fraction of sp³-hybridized carbons (Fsp3) is 0.500. The summed E-state index contributed by atoms with van der Waals surface area (Å²) < 4.78 is 37.6. The number of esters is 1. The number of nitrogens with one attached hydrogen (secondary N) is 1. The molecule has 1 unspecified atom stereocenters. The highest BCUT2D eigenvalue weighted by Gasteiger charge is 2.38. The average Bonchev–Trinajstić information content (AvgIpc) is 3.21. The summed E-state index contributed by atoms with van der Waals surface area (Å²) in [5.74, 6) is -1.19. The summed E-state index contributed by atoms with van der Waals surface area (Å²) in [4.78, 5) is 25.0. The third-order valence-electron chi connectivity index (χ3n) is 5.24. The number of piperidine rings is 1. The maximum Gasteiger partial charge on any atom is 0.324 e. The van der Waals surface area contributed by atoms with Crippen molar-refractivity contribution in [3.05, 3.63) is 41.6 Å². The van der Waals surface area contributed by atoms with Gasteiger partial charge < -0.3 is 9.26 Å². The highest BCUT2D eigenvalue weighted by molar-refractivity contribution is 7.89. The standard InChI is InChI=1S/C22H29N3O6S/c1-15-8-10-16(11-9-15)32(28,29)25-12-6-5-7-17(25)21(27)30-14-19(26)23-20-13-18(24-31-20)22(2,3)4/h8-11,13,17H,5-7,12,14H2,1-4H3,(H,23,26). The average molecular weight is 464 g/mol. The molecule has 2 heterocycles. The number of hydrogen-bond acceptors (Lipinski definition) is 7. The zero-order valence-electron chi connectivity index (χ0n) is 18.8. The second-order valence-corrected chi connectivity index (χ2v) is 10.8. The van der Waals surface area contributed by atoms with Crippen LogP contribution in [0.2, 0.25) is 0 Å². The van der Waals surface area contributed by atoms with E-state index in [1.165, 1.54) is 16.4 Å². The van der Waals surface area contributed by atoms with E-state index in [4.69, 9.17) is 9.26 Å². The molecular weight excluding hydrogens is 434 g/mol. The number of sulfonamides is 1. The van der Waals surface area contributed by atoms with E-state index in [1.54, 1.807) is 18.2 Å². The SMILES string of the molecule is Cc1ccc(S(=O)(=O)N2CCCCC2C(=O)OCC(=O)Nc2cc(C(C)(C)C)no2)cc1. The number of aromatic nitrogens is 1. The first-order valence-electron chi connectivity index (χ1n) is 10.5. The molecule has 1 aromatic heterocycles. The van der Waals surface area contributed by atoms with Crippen LogP contribution in [0, 0.1) is 6.92 Å². The van der Waals surface area contributed by atoms with E-state index in [9.17, 15) is 18.0 Å². The predicted molar refractivity (Wildman–Crippen MR) is 118 cm³/mol. The lowest BCUT2D eigenvalue weighted by Gasteiger charge is -2.32. The van der Waals surface area contributed by atoms with Crippen LogP contribution in [0.25, 0.3) is 0 Å². The number of nitrogens with zero attached hydrogens (tertiary/aromatic N) is 2. The monoisotopic (exact) mass is 463 g/mol. The molecule has 2 aromatic rings. The number of carbonyl (C=O) groups is 2. The van der Waals surface area contributed by atoms with Crippen molar-refractivity contribution in [2.45, 2.75) is 63.3 Å². The van der Waals surface area contributed by atoms with Gasteiger partial charge in [0, 0.05) is 18.0 Å². The van der Waals surface area contributed by atoms with E-state index in [1.807, 2.05) is 27.7 Å². The van der Waals surface area contributed by atoms with Crippen LogP contribution < -0.4 is 5.32 Å². The van der Waals surface area contributed by atoms with Crippen LogP contribution >= 0.6 is 0 Å². The second-order valence-electron chi connectivity index (χ2n) is 8.92. The lowest BCUT2D eigenvalue weighted by molar-refractivity contribution is -0.152. The van der Waals surface area contributed by atoms with E-state index >= 15 is 0 Å². The van der Waals surface area contributed by atoms with Crippen molar-refractivity contribution in [2.75, 3.05) is 18.5 Å². The molecule has 1 aliphatic rings. The first kappa shape index (κ1) is 23.9. The number of rotatable bonds is 6. The molecule has 32 heavy (non-hydrogen) atoms.